The van der Waals surface area contributed by atoms with Gasteiger partial charge >= 0.3 is 0 Å². The summed E-state index contributed by atoms with van der Waals surface area (Å²) in [6, 6.07) is 3.47. The molecule has 1 atom stereocenters. The number of thioether (sulfide) groups is 1. The molecule has 0 spiro atoms. The van der Waals surface area contributed by atoms with Crippen LogP contribution in [0.25, 0.3) is 0 Å². The SMILES string of the molecule is CC(=O)SCC1CC(=O)N(c2ccc(N)nc2)C1. The Labute approximate surface area is 110 Å². The van der Waals surface area contributed by atoms with Gasteiger partial charge in [-0.25, -0.2) is 4.98 Å². The molecule has 0 saturated carbocycles. The number of hydrogen-bond donors (Lipinski definition) is 1. The van der Waals surface area contributed by atoms with Gasteiger partial charge in [0.2, 0.25) is 5.91 Å². The first-order chi connectivity index (χ1) is 8.56. The average molecular weight is 265 g/mol. The van der Waals surface area contributed by atoms with E-state index in [1.165, 1.54) is 11.8 Å². The molecule has 1 unspecified atom stereocenters. The van der Waals surface area contributed by atoms with E-state index in [1.54, 1.807) is 30.2 Å². The number of nitrogen functional groups attached to an aromatic ring is 1. The molecular formula is C12H15N3O2S. The van der Waals surface area contributed by atoms with Gasteiger partial charge in [0.05, 0.1) is 11.9 Å². The fraction of sp³-hybridized carbons (Fsp3) is 0.417. The highest BCUT2D eigenvalue weighted by atomic mass is 32.2. The minimum Gasteiger partial charge on any atom is -0.384 e. The average Bonchev–Trinajstić information content (AvgIpc) is 2.69. The molecule has 2 N–H and O–H groups in total. The third kappa shape index (κ3) is 3.01. The molecular weight excluding hydrogens is 250 g/mol. The van der Waals surface area contributed by atoms with E-state index in [1.807, 2.05) is 0 Å². The normalized spacial score (nSPS) is 19.3. The van der Waals surface area contributed by atoms with Crippen molar-refractivity contribution in [3.63, 3.8) is 0 Å². The van der Waals surface area contributed by atoms with E-state index >= 15 is 0 Å². The molecule has 0 aromatic carbocycles. The van der Waals surface area contributed by atoms with Crippen molar-refractivity contribution in [1.82, 2.24) is 4.98 Å². The summed E-state index contributed by atoms with van der Waals surface area (Å²) in [5.41, 5.74) is 6.28. The van der Waals surface area contributed by atoms with Gasteiger partial charge in [0.15, 0.2) is 5.12 Å². The van der Waals surface area contributed by atoms with Crippen molar-refractivity contribution in [3.05, 3.63) is 18.3 Å². The maximum absolute atomic E-state index is 11.9. The van der Waals surface area contributed by atoms with Crippen molar-refractivity contribution in [2.75, 3.05) is 22.9 Å². The maximum atomic E-state index is 11.9. The summed E-state index contributed by atoms with van der Waals surface area (Å²) in [7, 11) is 0. The number of carbonyl (C=O) groups is 2. The van der Waals surface area contributed by atoms with Gasteiger partial charge in [-0.05, 0) is 18.1 Å². The van der Waals surface area contributed by atoms with Gasteiger partial charge < -0.3 is 10.6 Å². The molecule has 0 radical (unpaired) electrons. The standard InChI is InChI=1S/C12H15N3O2S/c1-8(16)18-7-9-4-12(17)15(6-9)10-2-3-11(13)14-5-10/h2-3,5,9H,4,6-7H2,1H3,(H2,13,14). The predicted octanol–water partition coefficient (Wildman–Crippen LogP) is 1.30. The van der Waals surface area contributed by atoms with Crippen LogP contribution < -0.4 is 10.6 Å². The highest BCUT2D eigenvalue weighted by molar-refractivity contribution is 8.13. The highest BCUT2D eigenvalue weighted by Gasteiger charge is 2.30. The lowest BCUT2D eigenvalue weighted by atomic mass is 10.1. The Bertz CT molecular complexity index is 461. The van der Waals surface area contributed by atoms with E-state index in [4.69, 9.17) is 5.73 Å². The largest absolute Gasteiger partial charge is 0.384 e. The number of amides is 1. The summed E-state index contributed by atoms with van der Waals surface area (Å²) in [6.45, 7) is 2.19. The van der Waals surface area contributed by atoms with Gasteiger partial charge in [-0.15, -0.1) is 0 Å². The molecule has 2 heterocycles. The molecule has 1 aliphatic rings. The molecule has 1 aliphatic heterocycles. The van der Waals surface area contributed by atoms with Crippen molar-refractivity contribution < 1.29 is 9.59 Å². The Morgan fingerprint density at radius 3 is 3.00 bits per heavy atom. The van der Waals surface area contributed by atoms with E-state index in [9.17, 15) is 9.59 Å². The number of aromatic nitrogens is 1. The summed E-state index contributed by atoms with van der Waals surface area (Å²) in [6.07, 6.45) is 2.10. The molecule has 1 aromatic heterocycles. The molecule has 1 fully saturated rings. The maximum Gasteiger partial charge on any atom is 0.227 e. The van der Waals surface area contributed by atoms with Crippen LogP contribution in [0.3, 0.4) is 0 Å². The number of nitrogens with two attached hydrogens (primary N) is 1. The van der Waals surface area contributed by atoms with Crippen LogP contribution in [-0.4, -0.2) is 28.3 Å². The Morgan fingerprint density at radius 1 is 1.61 bits per heavy atom. The topological polar surface area (TPSA) is 76.3 Å². The van der Waals surface area contributed by atoms with Crippen LogP contribution in [0, 0.1) is 5.92 Å². The van der Waals surface area contributed by atoms with Gasteiger partial charge in [0.25, 0.3) is 0 Å². The molecule has 18 heavy (non-hydrogen) atoms. The number of nitrogens with zero attached hydrogens (tertiary/aromatic N) is 2. The van der Waals surface area contributed by atoms with Crippen LogP contribution in [0.1, 0.15) is 13.3 Å². The smallest absolute Gasteiger partial charge is 0.227 e. The number of hydrogen-bond acceptors (Lipinski definition) is 5. The lowest BCUT2D eigenvalue weighted by Gasteiger charge is -2.16. The van der Waals surface area contributed by atoms with Crippen LogP contribution >= 0.6 is 11.8 Å². The zero-order valence-electron chi connectivity index (χ0n) is 10.1. The summed E-state index contributed by atoms with van der Waals surface area (Å²) < 4.78 is 0. The predicted molar refractivity (Wildman–Crippen MR) is 72.2 cm³/mol. The summed E-state index contributed by atoms with van der Waals surface area (Å²) in [5, 5.41) is 0.0926. The Morgan fingerprint density at radius 2 is 2.39 bits per heavy atom. The quantitative estimate of drug-likeness (QED) is 0.891. The number of anilines is 2. The van der Waals surface area contributed by atoms with E-state index < -0.39 is 0 Å². The van der Waals surface area contributed by atoms with Crippen LogP contribution in [0.5, 0.6) is 0 Å². The Hall–Kier alpha value is -1.56. The number of rotatable bonds is 3. The van der Waals surface area contributed by atoms with Gasteiger partial charge in [-0.1, -0.05) is 11.8 Å². The summed E-state index contributed by atoms with van der Waals surface area (Å²) in [5.74, 6) is 1.44. The van der Waals surface area contributed by atoms with E-state index in [-0.39, 0.29) is 16.9 Å². The highest BCUT2D eigenvalue weighted by Crippen LogP contribution is 2.27. The monoisotopic (exact) mass is 265 g/mol. The van der Waals surface area contributed by atoms with Crippen LogP contribution in [0.4, 0.5) is 11.5 Å². The van der Waals surface area contributed by atoms with E-state index in [0.717, 1.165) is 5.69 Å². The first-order valence-corrected chi connectivity index (χ1v) is 6.70. The van der Waals surface area contributed by atoms with Crippen molar-refractivity contribution >= 4 is 34.3 Å². The summed E-state index contributed by atoms with van der Waals surface area (Å²) in [4.78, 5) is 28.5. The number of carbonyl (C=O) groups excluding carboxylic acids is 2. The van der Waals surface area contributed by atoms with Gasteiger partial charge in [0, 0.05) is 25.6 Å². The van der Waals surface area contributed by atoms with Crippen LogP contribution in [-0.2, 0) is 9.59 Å². The second-order valence-electron chi connectivity index (χ2n) is 4.32. The third-order valence-corrected chi connectivity index (χ3v) is 3.85. The Balaban J connectivity index is 2.00. The van der Waals surface area contributed by atoms with Crippen molar-refractivity contribution in [1.29, 1.82) is 0 Å². The van der Waals surface area contributed by atoms with Crippen LogP contribution in [0.2, 0.25) is 0 Å². The minimum absolute atomic E-state index is 0.0794. The lowest BCUT2D eigenvalue weighted by molar-refractivity contribution is -0.117. The molecule has 1 amide bonds. The van der Waals surface area contributed by atoms with Crippen molar-refractivity contribution in [2.45, 2.75) is 13.3 Å². The zero-order chi connectivity index (χ0) is 13.1. The second kappa shape index (κ2) is 5.39. The molecule has 0 bridgehead atoms. The molecule has 0 aliphatic carbocycles. The zero-order valence-corrected chi connectivity index (χ0v) is 10.9. The minimum atomic E-state index is 0.0794. The molecule has 1 saturated heterocycles. The third-order valence-electron chi connectivity index (χ3n) is 2.81. The molecule has 2 rings (SSSR count). The molecule has 1 aromatic rings. The van der Waals surface area contributed by atoms with Gasteiger partial charge in [-0.3, -0.25) is 9.59 Å². The van der Waals surface area contributed by atoms with Crippen molar-refractivity contribution in [3.8, 4) is 0 Å². The fourth-order valence-corrected chi connectivity index (χ4v) is 2.63. The summed E-state index contributed by atoms with van der Waals surface area (Å²) >= 11 is 1.28. The van der Waals surface area contributed by atoms with E-state index in [0.29, 0.717) is 24.5 Å². The van der Waals surface area contributed by atoms with Crippen LogP contribution in [0.15, 0.2) is 18.3 Å². The lowest BCUT2D eigenvalue weighted by Crippen LogP contribution is -2.24. The first kappa shape index (κ1) is 12.9. The van der Waals surface area contributed by atoms with Gasteiger partial charge in [0.1, 0.15) is 5.82 Å². The molecule has 6 heteroatoms. The second-order valence-corrected chi connectivity index (χ2v) is 5.52. The Kier molecular flexibility index (Phi) is 3.86. The fourth-order valence-electron chi connectivity index (χ4n) is 1.94. The number of pyridine rings is 1. The molecule has 96 valence electrons. The first-order valence-electron chi connectivity index (χ1n) is 5.71. The van der Waals surface area contributed by atoms with Crippen molar-refractivity contribution in [2.24, 2.45) is 5.92 Å². The van der Waals surface area contributed by atoms with Gasteiger partial charge in [-0.2, -0.15) is 0 Å². The molecule has 5 nitrogen and oxygen atoms in total. The van der Waals surface area contributed by atoms with E-state index in [2.05, 4.69) is 4.98 Å².